The first-order valence-electron chi connectivity index (χ1n) is 9.45. The zero-order valence-corrected chi connectivity index (χ0v) is 18.9. The van der Waals surface area contributed by atoms with Gasteiger partial charge in [0.15, 0.2) is 5.96 Å². The summed E-state index contributed by atoms with van der Waals surface area (Å²) in [6.45, 7) is 13.1. The summed E-state index contributed by atoms with van der Waals surface area (Å²) >= 11 is 0. The van der Waals surface area contributed by atoms with Gasteiger partial charge in [-0.15, -0.1) is 24.0 Å². The third-order valence-electron chi connectivity index (χ3n) is 4.25. The first kappa shape index (κ1) is 25.1. The third-order valence-corrected chi connectivity index (χ3v) is 4.25. The Morgan fingerprint density at radius 2 is 1.88 bits per heavy atom. The predicted octanol–water partition coefficient (Wildman–Crippen LogP) is 2.80. The molecule has 0 spiro atoms. The first-order chi connectivity index (χ1) is 12.1. The zero-order valence-electron chi connectivity index (χ0n) is 16.6. The van der Waals surface area contributed by atoms with Crippen LogP contribution in [0.1, 0.15) is 52.2 Å². The molecule has 0 aromatic carbocycles. The lowest BCUT2D eigenvalue weighted by molar-refractivity contribution is 0.187. The van der Waals surface area contributed by atoms with Crippen LogP contribution in [0.2, 0.25) is 0 Å². The molecule has 0 aliphatic rings. The van der Waals surface area contributed by atoms with Crippen LogP contribution >= 0.6 is 24.0 Å². The highest BCUT2D eigenvalue weighted by Crippen LogP contribution is 2.11. The number of hydrogen-bond acceptors (Lipinski definition) is 4. The Kier molecular flexibility index (Phi) is 14.6. The number of hydrogen-bond donors (Lipinski definition) is 3. The maximum absolute atomic E-state index is 10.2. The molecule has 7 heteroatoms. The number of halogens is 1. The van der Waals surface area contributed by atoms with Crippen LogP contribution in [0.5, 0.6) is 0 Å². The molecule has 26 heavy (non-hydrogen) atoms. The summed E-state index contributed by atoms with van der Waals surface area (Å²) in [4.78, 5) is 10.9. The monoisotopic (exact) mass is 477 g/mol. The van der Waals surface area contributed by atoms with Gasteiger partial charge in [-0.2, -0.15) is 0 Å². The largest absolute Gasteiger partial charge is 0.386 e. The average Bonchev–Trinajstić information content (AvgIpc) is 2.64. The molecule has 2 atom stereocenters. The molecule has 1 aromatic rings. The minimum Gasteiger partial charge on any atom is -0.386 e. The number of pyridine rings is 1. The van der Waals surface area contributed by atoms with Gasteiger partial charge in [-0.1, -0.05) is 13.8 Å². The maximum atomic E-state index is 10.2. The van der Waals surface area contributed by atoms with E-state index in [4.69, 9.17) is 0 Å². The lowest BCUT2D eigenvalue weighted by atomic mass is 10.1. The fourth-order valence-corrected chi connectivity index (χ4v) is 2.66. The van der Waals surface area contributed by atoms with Gasteiger partial charge in [-0.3, -0.25) is 9.98 Å². The fourth-order valence-electron chi connectivity index (χ4n) is 2.66. The highest BCUT2D eigenvalue weighted by Gasteiger charge is 2.09. The van der Waals surface area contributed by atoms with E-state index in [2.05, 4.69) is 46.3 Å². The van der Waals surface area contributed by atoms with Crippen molar-refractivity contribution in [2.24, 2.45) is 4.99 Å². The van der Waals surface area contributed by atoms with Crippen molar-refractivity contribution in [3.63, 3.8) is 0 Å². The minimum absolute atomic E-state index is 0. The number of rotatable bonds is 11. The van der Waals surface area contributed by atoms with E-state index >= 15 is 0 Å². The molecule has 1 aromatic heterocycles. The van der Waals surface area contributed by atoms with Gasteiger partial charge < -0.3 is 20.6 Å². The maximum Gasteiger partial charge on any atom is 0.191 e. The highest BCUT2D eigenvalue weighted by atomic mass is 127. The van der Waals surface area contributed by atoms with Crippen molar-refractivity contribution < 1.29 is 5.11 Å². The van der Waals surface area contributed by atoms with Crippen LogP contribution in [-0.4, -0.2) is 59.7 Å². The summed E-state index contributed by atoms with van der Waals surface area (Å²) in [6, 6.07) is 3.97. The summed E-state index contributed by atoms with van der Waals surface area (Å²) in [5, 5.41) is 16.9. The number of aliphatic hydroxyl groups is 1. The van der Waals surface area contributed by atoms with Crippen molar-refractivity contribution in [1.82, 2.24) is 20.5 Å². The van der Waals surface area contributed by atoms with Crippen molar-refractivity contribution in [3.05, 3.63) is 30.1 Å². The molecule has 3 N–H and O–H groups in total. The number of aliphatic hydroxyl groups excluding tert-OH is 1. The quantitative estimate of drug-likeness (QED) is 0.260. The van der Waals surface area contributed by atoms with Crippen LogP contribution in [0.15, 0.2) is 29.5 Å². The molecule has 0 saturated carbocycles. The van der Waals surface area contributed by atoms with Crippen molar-refractivity contribution in [2.75, 3.05) is 32.7 Å². The Balaban J connectivity index is 0.00000625. The van der Waals surface area contributed by atoms with Crippen LogP contribution in [0.3, 0.4) is 0 Å². The molecule has 2 unspecified atom stereocenters. The number of nitrogens with zero attached hydrogens (tertiary/aromatic N) is 3. The van der Waals surface area contributed by atoms with Gasteiger partial charge in [0.1, 0.15) is 0 Å². The molecule has 0 saturated heterocycles. The van der Waals surface area contributed by atoms with E-state index < -0.39 is 6.10 Å². The number of aliphatic imine (C=N–C) groups is 1. The van der Waals surface area contributed by atoms with Crippen LogP contribution in [0.25, 0.3) is 0 Å². The standard InChI is InChI=1S/C19H35N5O.HI/c1-5-21-19(22-15-18(25)17-10-12-20-13-11-17)23-16(4)9-8-14-24(6-2)7-3;/h10-13,16,18,25H,5-9,14-15H2,1-4H3,(H2,21,22,23);1H. The minimum atomic E-state index is -0.614. The molecule has 0 radical (unpaired) electrons. The van der Waals surface area contributed by atoms with Gasteiger partial charge in [0.05, 0.1) is 12.6 Å². The number of nitrogens with one attached hydrogen (secondary N) is 2. The second-order valence-electron chi connectivity index (χ2n) is 6.23. The fraction of sp³-hybridized carbons (Fsp3) is 0.684. The van der Waals surface area contributed by atoms with Crippen LogP contribution in [-0.2, 0) is 0 Å². The average molecular weight is 477 g/mol. The molecular weight excluding hydrogens is 441 g/mol. The van der Waals surface area contributed by atoms with Gasteiger partial charge in [0.2, 0.25) is 0 Å². The number of guanidine groups is 1. The van der Waals surface area contributed by atoms with E-state index in [1.54, 1.807) is 12.4 Å². The van der Waals surface area contributed by atoms with Crippen molar-refractivity contribution in [2.45, 2.75) is 52.7 Å². The molecule has 0 aliphatic heterocycles. The number of aromatic nitrogens is 1. The summed E-state index contributed by atoms with van der Waals surface area (Å²) in [5.41, 5.74) is 0.835. The van der Waals surface area contributed by atoms with E-state index in [0.29, 0.717) is 12.6 Å². The van der Waals surface area contributed by atoms with Crippen LogP contribution in [0, 0.1) is 0 Å². The molecule has 0 fully saturated rings. The normalized spacial score (nSPS) is 13.8. The first-order valence-corrected chi connectivity index (χ1v) is 9.45. The Morgan fingerprint density at radius 3 is 2.46 bits per heavy atom. The Bertz CT molecular complexity index is 482. The third kappa shape index (κ3) is 10.3. The lowest BCUT2D eigenvalue weighted by Gasteiger charge is -2.21. The molecule has 0 bridgehead atoms. The van der Waals surface area contributed by atoms with E-state index in [0.717, 1.165) is 50.5 Å². The summed E-state index contributed by atoms with van der Waals surface area (Å²) < 4.78 is 0. The van der Waals surface area contributed by atoms with Crippen LogP contribution < -0.4 is 10.6 Å². The van der Waals surface area contributed by atoms with E-state index in [1.165, 1.54) is 0 Å². The topological polar surface area (TPSA) is 72.8 Å². The molecule has 6 nitrogen and oxygen atoms in total. The summed E-state index contributed by atoms with van der Waals surface area (Å²) in [7, 11) is 0. The summed E-state index contributed by atoms with van der Waals surface area (Å²) in [6.07, 6.45) is 5.01. The van der Waals surface area contributed by atoms with E-state index in [-0.39, 0.29) is 24.0 Å². The van der Waals surface area contributed by atoms with Gasteiger partial charge in [-0.05, 0) is 64.0 Å². The molecule has 1 heterocycles. The second kappa shape index (κ2) is 15.2. The smallest absolute Gasteiger partial charge is 0.191 e. The Labute approximate surface area is 175 Å². The second-order valence-corrected chi connectivity index (χ2v) is 6.23. The van der Waals surface area contributed by atoms with Crippen molar-refractivity contribution in [1.29, 1.82) is 0 Å². The van der Waals surface area contributed by atoms with Crippen LogP contribution in [0.4, 0.5) is 0 Å². The SMILES string of the molecule is CCNC(=NCC(O)c1ccncc1)NC(C)CCCN(CC)CC.I. The molecule has 0 aliphatic carbocycles. The van der Waals surface area contributed by atoms with Gasteiger partial charge in [0, 0.05) is 25.0 Å². The Hall–Kier alpha value is -0.930. The lowest BCUT2D eigenvalue weighted by Crippen LogP contribution is -2.42. The summed E-state index contributed by atoms with van der Waals surface area (Å²) in [5.74, 6) is 0.756. The van der Waals surface area contributed by atoms with Gasteiger partial charge in [0.25, 0.3) is 0 Å². The highest BCUT2D eigenvalue weighted by molar-refractivity contribution is 14.0. The van der Waals surface area contributed by atoms with E-state index in [9.17, 15) is 5.11 Å². The van der Waals surface area contributed by atoms with Gasteiger partial charge >= 0.3 is 0 Å². The van der Waals surface area contributed by atoms with Crippen molar-refractivity contribution in [3.8, 4) is 0 Å². The molecule has 150 valence electrons. The molecule has 0 amide bonds. The zero-order chi connectivity index (χ0) is 18.5. The Morgan fingerprint density at radius 1 is 1.23 bits per heavy atom. The van der Waals surface area contributed by atoms with Crippen molar-refractivity contribution >= 4 is 29.9 Å². The predicted molar refractivity (Wildman–Crippen MR) is 120 cm³/mol. The molecule has 1 rings (SSSR count). The molecular formula is C19H36IN5O. The van der Waals surface area contributed by atoms with Gasteiger partial charge in [-0.25, -0.2) is 0 Å². The van der Waals surface area contributed by atoms with E-state index in [1.807, 2.05) is 19.1 Å².